The molecule has 10 heteroatoms. The van der Waals surface area contributed by atoms with Gasteiger partial charge in [-0.15, -0.1) is 0 Å². The van der Waals surface area contributed by atoms with E-state index in [1.165, 1.54) is 19.2 Å². The average Bonchev–Trinajstić information content (AvgIpc) is 2.77. The number of amides is 1. The molecule has 1 aliphatic rings. The van der Waals surface area contributed by atoms with E-state index in [1.807, 2.05) is 6.07 Å². The molecule has 0 bridgehead atoms. The Bertz CT molecular complexity index is 1060. The zero-order valence-electron chi connectivity index (χ0n) is 18.2. The fraction of sp³-hybridized carbons (Fsp3) is 0.409. The molecule has 2 aromatic carbocycles. The molecule has 0 aromatic heterocycles. The van der Waals surface area contributed by atoms with Crippen molar-refractivity contribution in [3.05, 3.63) is 47.0 Å². The van der Waals surface area contributed by atoms with E-state index in [4.69, 9.17) is 25.8 Å². The van der Waals surface area contributed by atoms with Gasteiger partial charge in [-0.3, -0.25) is 4.79 Å². The van der Waals surface area contributed by atoms with Gasteiger partial charge in [0.2, 0.25) is 15.9 Å². The Kier molecular flexibility index (Phi) is 7.86. The number of carbonyl (C=O) groups is 1. The summed E-state index contributed by atoms with van der Waals surface area (Å²) in [6, 6.07) is 8.65. The molecule has 32 heavy (non-hydrogen) atoms. The first kappa shape index (κ1) is 24.2. The molecular weight excluding hydrogens is 456 g/mol. The summed E-state index contributed by atoms with van der Waals surface area (Å²) in [5.41, 5.74) is 0.875. The molecule has 0 aliphatic carbocycles. The van der Waals surface area contributed by atoms with Gasteiger partial charge in [0.05, 0.1) is 17.0 Å². The first-order valence-electron chi connectivity index (χ1n) is 10.2. The van der Waals surface area contributed by atoms with Crippen LogP contribution in [0.25, 0.3) is 0 Å². The largest absolute Gasteiger partial charge is 0.497 e. The van der Waals surface area contributed by atoms with Crippen LogP contribution >= 0.6 is 11.6 Å². The number of rotatable bonds is 9. The van der Waals surface area contributed by atoms with Crippen LogP contribution < -0.4 is 24.2 Å². The number of hydrogen-bond donors (Lipinski definition) is 2. The van der Waals surface area contributed by atoms with E-state index < -0.39 is 22.0 Å². The molecule has 1 amide bonds. The van der Waals surface area contributed by atoms with E-state index in [1.54, 1.807) is 32.0 Å². The zero-order chi connectivity index (χ0) is 23.3. The molecular formula is C22H27ClN2O6S. The third kappa shape index (κ3) is 5.85. The standard InChI is InChI=1S/C22H27ClN2O6S/c1-14(2)20(25-32(27,28)17-6-4-16(29-3)5-7-17)22(26)24-9-8-15-12-18(23)21-19(13-15)30-10-11-31-21/h4-7,12-14,20,25H,8-11H2,1-3H3,(H,24,26). The molecule has 0 spiro atoms. The van der Waals surface area contributed by atoms with Crippen molar-refractivity contribution in [2.45, 2.75) is 31.2 Å². The van der Waals surface area contributed by atoms with E-state index in [2.05, 4.69) is 10.0 Å². The van der Waals surface area contributed by atoms with Gasteiger partial charge in [-0.05, 0) is 54.3 Å². The summed E-state index contributed by atoms with van der Waals surface area (Å²) >= 11 is 6.25. The van der Waals surface area contributed by atoms with E-state index in [-0.39, 0.29) is 10.8 Å². The SMILES string of the molecule is COc1ccc(S(=O)(=O)NC(C(=O)NCCc2cc(Cl)c3c(c2)OCCO3)C(C)C)cc1. The summed E-state index contributed by atoms with van der Waals surface area (Å²) < 4.78 is 44.1. The van der Waals surface area contributed by atoms with Gasteiger partial charge in [0.25, 0.3) is 0 Å². The van der Waals surface area contributed by atoms with Crippen molar-refractivity contribution >= 4 is 27.5 Å². The normalized spacial score (nSPS) is 14.2. The second-order valence-electron chi connectivity index (χ2n) is 7.66. The van der Waals surface area contributed by atoms with E-state index >= 15 is 0 Å². The molecule has 174 valence electrons. The summed E-state index contributed by atoms with van der Waals surface area (Å²) in [7, 11) is -2.38. The summed E-state index contributed by atoms with van der Waals surface area (Å²) in [5.74, 6) is 0.990. The summed E-state index contributed by atoms with van der Waals surface area (Å²) in [6.45, 7) is 4.77. The molecule has 0 saturated carbocycles. The lowest BCUT2D eigenvalue weighted by Gasteiger charge is -2.22. The van der Waals surface area contributed by atoms with Crippen LogP contribution in [-0.2, 0) is 21.2 Å². The van der Waals surface area contributed by atoms with E-state index in [9.17, 15) is 13.2 Å². The molecule has 1 atom stereocenters. The van der Waals surface area contributed by atoms with Crippen LogP contribution in [0, 0.1) is 5.92 Å². The Morgan fingerprint density at radius 2 is 1.84 bits per heavy atom. The van der Waals surface area contributed by atoms with Crippen molar-refractivity contribution in [1.82, 2.24) is 10.0 Å². The van der Waals surface area contributed by atoms with Crippen molar-refractivity contribution in [1.29, 1.82) is 0 Å². The minimum Gasteiger partial charge on any atom is -0.497 e. The monoisotopic (exact) mass is 482 g/mol. The summed E-state index contributed by atoms with van der Waals surface area (Å²) in [4.78, 5) is 12.8. The van der Waals surface area contributed by atoms with Crippen LogP contribution in [0.4, 0.5) is 0 Å². The van der Waals surface area contributed by atoms with E-state index in [0.717, 1.165) is 5.56 Å². The Labute approximate surface area is 193 Å². The molecule has 0 saturated heterocycles. The summed E-state index contributed by atoms with van der Waals surface area (Å²) in [6.07, 6.45) is 0.498. The number of fused-ring (bicyclic) bond motifs is 1. The second kappa shape index (κ2) is 10.4. The molecule has 8 nitrogen and oxygen atoms in total. The van der Waals surface area contributed by atoms with Gasteiger partial charge >= 0.3 is 0 Å². The van der Waals surface area contributed by atoms with Crippen LogP contribution in [-0.4, -0.2) is 47.2 Å². The van der Waals surface area contributed by atoms with Crippen molar-refractivity contribution in [2.75, 3.05) is 26.9 Å². The van der Waals surface area contributed by atoms with Crippen LogP contribution in [0.15, 0.2) is 41.3 Å². The van der Waals surface area contributed by atoms with Crippen LogP contribution in [0.3, 0.4) is 0 Å². The topological polar surface area (TPSA) is 103 Å². The average molecular weight is 483 g/mol. The fourth-order valence-corrected chi connectivity index (χ4v) is 4.86. The van der Waals surface area contributed by atoms with Crippen LogP contribution in [0.2, 0.25) is 5.02 Å². The molecule has 0 fully saturated rings. The maximum absolute atomic E-state index is 12.8. The van der Waals surface area contributed by atoms with Crippen molar-refractivity contribution < 1.29 is 27.4 Å². The molecule has 1 aliphatic heterocycles. The predicted molar refractivity (Wildman–Crippen MR) is 121 cm³/mol. The number of halogens is 1. The molecule has 2 N–H and O–H groups in total. The highest BCUT2D eigenvalue weighted by Crippen LogP contribution is 2.38. The quantitative estimate of drug-likeness (QED) is 0.569. The molecule has 1 heterocycles. The lowest BCUT2D eigenvalue weighted by molar-refractivity contribution is -0.123. The number of hydrogen-bond acceptors (Lipinski definition) is 6. The predicted octanol–water partition coefficient (Wildman–Crippen LogP) is 2.78. The van der Waals surface area contributed by atoms with Gasteiger partial charge in [0, 0.05) is 6.54 Å². The minimum absolute atomic E-state index is 0.0580. The number of carbonyl (C=O) groups excluding carboxylic acids is 1. The Balaban J connectivity index is 1.62. The first-order valence-corrected chi connectivity index (χ1v) is 12.1. The maximum atomic E-state index is 12.8. The fourth-order valence-electron chi connectivity index (χ4n) is 3.23. The van der Waals surface area contributed by atoms with Gasteiger partial charge in [-0.1, -0.05) is 25.4 Å². The lowest BCUT2D eigenvalue weighted by Crippen LogP contribution is -2.49. The highest BCUT2D eigenvalue weighted by molar-refractivity contribution is 7.89. The number of benzene rings is 2. The van der Waals surface area contributed by atoms with Crippen molar-refractivity contribution in [3.8, 4) is 17.2 Å². The van der Waals surface area contributed by atoms with Crippen LogP contribution in [0.5, 0.6) is 17.2 Å². The van der Waals surface area contributed by atoms with Gasteiger partial charge in [0.15, 0.2) is 11.5 Å². The molecule has 3 rings (SSSR count). The maximum Gasteiger partial charge on any atom is 0.241 e. The first-order chi connectivity index (χ1) is 15.2. The second-order valence-corrected chi connectivity index (χ2v) is 9.78. The van der Waals surface area contributed by atoms with Gasteiger partial charge in [0.1, 0.15) is 25.0 Å². The van der Waals surface area contributed by atoms with Crippen LogP contribution in [0.1, 0.15) is 19.4 Å². The highest BCUT2D eigenvalue weighted by atomic mass is 35.5. The number of sulfonamides is 1. The Morgan fingerprint density at radius 3 is 2.50 bits per heavy atom. The zero-order valence-corrected chi connectivity index (χ0v) is 19.8. The minimum atomic E-state index is -3.88. The summed E-state index contributed by atoms with van der Waals surface area (Å²) in [5, 5.41) is 3.26. The van der Waals surface area contributed by atoms with E-state index in [0.29, 0.717) is 48.5 Å². The number of methoxy groups -OCH3 is 1. The number of ether oxygens (including phenoxy) is 3. The lowest BCUT2D eigenvalue weighted by atomic mass is 10.0. The number of nitrogens with one attached hydrogen (secondary N) is 2. The van der Waals surface area contributed by atoms with Gasteiger partial charge in [-0.2, -0.15) is 4.72 Å². The van der Waals surface area contributed by atoms with Crippen molar-refractivity contribution in [3.63, 3.8) is 0 Å². The molecule has 1 unspecified atom stereocenters. The highest BCUT2D eigenvalue weighted by Gasteiger charge is 2.28. The van der Waals surface area contributed by atoms with Gasteiger partial charge < -0.3 is 19.5 Å². The third-order valence-electron chi connectivity index (χ3n) is 4.97. The smallest absolute Gasteiger partial charge is 0.241 e. The Hall–Kier alpha value is -2.49. The van der Waals surface area contributed by atoms with Crippen molar-refractivity contribution in [2.24, 2.45) is 5.92 Å². The Morgan fingerprint density at radius 1 is 1.16 bits per heavy atom. The van der Waals surface area contributed by atoms with Gasteiger partial charge in [-0.25, -0.2) is 8.42 Å². The molecule has 0 radical (unpaired) electrons. The molecule has 2 aromatic rings. The third-order valence-corrected chi connectivity index (χ3v) is 6.71.